The summed E-state index contributed by atoms with van der Waals surface area (Å²) < 4.78 is 11.8. The van der Waals surface area contributed by atoms with Gasteiger partial charge in [0.05, 0.1) is 12.3 Å². The van der Waals surface area contributed by atoms with Gasteiger partial charge in [0.25, 0.3) is 0 Å². The summed E-state index contributed by atoms with van der Waals surface area (Å²) in [5, 5.41) is 0. The molecule has 0 spiro atoms. The van der Waals surface area contributed by atoms with Crippen molar-refractivity contribution in [3.8, 4) is 5.75 Å². The molecule has 5 heteroatoms. The van der Waals surface area contributed by atoms with Crippen molar-refractivity contribution in [1.82, 2.24) is 4.57 Å². The van der Waals surface area contributed by atoms with Gasteiger partial charge in [-0.15, -0.1) is 0 Å². The molecule has 0 fully saturated rings. The van der Waals surface area contributed by atoms with E-state index in [2.05, 4.69) is 0 Å². The molecule has 0 aliphatic rings. The van der Waals surface area contributed by atoms with Crippen LogP contribution in [0.4, 0.5) is 4.79 Å². The zero-order chi connectivity index (χ0) is 15.2. The Morgan fingerprint density at radius 2 is 1.90 bits per heavy atom. The van der Waals surface area contributed by atoms with Crippen molar-refractivity contribution in [3.05, 3.63) is 64.1 Å². The molecule has 0 amide bonds. The van der Waals surface area contributed by atoms with Crippen LogP contribution in [0, 0.1) is 6.92 Å². The SMILES string of the molecule is CCOC(=O)n1ccc(=O)c(OCc2ccccc2)c1C. The molecule has 0 unspecified atom stereocenters. The Morgan fingerprint density at radius 1 is 1.19 bits per heavy atom. The van der Waals surface area contributed by atoms with Gasteiger partial charge in [-0.25, -0.2) is 4.79 Å². The minimum absolute atomic E-state index is 0.161. The average molecular weight is 287 g/mol. The third kappa shape index (κ3) is 3.51. The van der Waals surface area contributed by atoms with Gasteiger partial charge in [-0.3, -0.25) is 9.36 Å². The molecule has 2 rings (SSSR count). The van der Waals surface area contributed by atoms with Crippen molar-refractivity contribution in [2.75, 3.05) is 6.61 Å². The monoisotopic (exact) mass is 287 g/mol. The standard InChI is InChI=1S/C16H17NO4/c1-3-20-16(19)17-10-9-14(18)15(12(17)2)21-11-13-7-5-4-6-8-13/h4-10H,3,11H2,1-2H3. The minimum Gasteiger partial charge on any atom is -0.483 e. The van der Waals surface area contributed by atoms with E-state index in [4.69, 9.17) is 9.47 Å². The van der Waals surface area contributed by atoms with E-state index in [-0.39, 0.29) is 24.4 Å². The fourth-order valence-corrected chi connectivity index (χ4v) is 1.91. The summed E-state index contributed by atoms with van der Waals surface area (Å²) in [4.78, 5) is 23.7. The van der Waals surface area contributed by atoms with Crippen molar-refractivity contribution >= 4 is 6.09 Å². The summed E-state index contributed by atoms with van der Waals surface area (Å²) in [5.74, 6) is 0.161. The van der Waals surface area contributed by atoms with Crippen LogP contribution in [0.5, 0.6) is 5.75 Å². The number of aromatic nitrogens is 1. The Kier molecular flexibility index (Phi) is 4.77. The van der Waals surface area contributed by atoms with Gasteiger partial charge < -0.3 is 9.47 Å². The summed E-state index contributed by atoms with van der Waals surface area (Å²) in [7, 11) is 0. The first-order chi connectivity index (χ1) is 10.1. The van der Waals surface area contributed by atoms with Gasteiger partial charge in [0.2, 0.25) is 5.43 Å². The molecule has 1 heterocycles. The summed E-state index contributed by atoms with van der Waals surface area (Å²) >= 11 is 0. The van der Waals surface area contributed by atoms with E-state index in [9.17, 15) is 9.59 Å². The molecule has 0 atom stereocenters. The number of carbonyl (C=O) groups is 1. The summed E-state index contributed by atoms with van der Waals surface area (Å²) in [5.41, 5.74) is 1.11. The molecule has 1 aromatic carbocycles. The number of carbonyl (C=O) groups excluding carboxylic acids is 1. The highest BCUT2D eigenvalue weighted by atomic mass is 16.5. The molecule has 0 aliphatic heterocycles. The molecule has 2 aromatic rings. The molecule has 0 aliphatic carbocycles. The highest BCUT2D eigenvalue weighted by molar-refractivity contribution is 5.71. The number of hydrogen-bond donors (Lipinski definition) is 0. The Balaban J connectivity index is 2.24. The highest BCUT2D eigenvalue weighted by Gasteiger charge is 2.14. The zero-order valence-electron chi connectivity index (χ0n) is 12.0. The fourth-order valence-electron chi connectivity index (χ4n) is 1.91. The lowest BCUT2D eigenvalue weighted by atomic mass is 10.2. The van der Waals surface area contributed by atoms with Crippen molar-refractivity contribution in [2.24, 2.45) is 0 Å². The molecule has 0 bridgehead atoms. The third-order valence-corrected chi connectivity index (χ3v) is 2.98. The van der Waals surface area contributed by atoms with Crippen LogP contribution in [-0.2, 0) is 11.3 Å². The molecule has 0 saturated carbocycles. The van der Waals surface area contributed by atoms with Crippen LogP contribution >= 0.6 is 0 Å². The van der Waals surface area contributed by atoms with Crippen LogP contribution in [0.1, 0.15) is 18.2 Å². The Bertz CT molecular complexity index is 676. The number of ether oxygens (including phenoxy) is 2. The number of benzene rings is 1. The predicted octanol–water partition coefficient (Wildman–Crippen LogP) is 2.74. The Morgan fingerprint density at radius 3 is 2.57 bits per heavy atom. The lowest BCUT2D eigenvalue weighted by molar-refractivity contribution is 0.152. The second kappa shape index (κ2) is 6.74. The molecule has 1 aromatic heterocycles. The van der Waals surface area contributed by atoms with Crippen molar-refractivity contribution in [2.45, 2.75) is 20.5 Å². The second-order valence-electron chi connectivity index (χ2n) is 4.44. The normalized spacial score (nSPS) is 10.2. The smallest absolute Gasteiger partial charge is 0.418 e. The van der Waals surface area contributed by atoms with Crippen molar-refractivity contribution in [3.63, 3.8) is 0 Å². The first-order valence-electron chi connectivity index (χ1n) is 6.69. The van der Waals surface area contributed by atoms with E-state index in [1.54, 1.807) is 13.8 Å². The quantitative estimate of drug-likeness (QED) is 0.867. The van der Waals surface area contributed by atoms with Crippen molar-refractivity contribution < 1.29 is 14.3 Å². The highest BCUT2D eigenvalue weighted by Crippen LogP contribution is 2.14. The molecule has 110 valence electrons. The number of hydrogen-bond acceptors (Lipinski definition) is 4. The maximum atomic E-state index is 11.9. The van der Waals surface area contributed by atoms with Gasteiger partial charge in [-0.05, 0) is 19.4 Å². The number of rotatable bonds is 4. The van der Waals surface area contributed by atoms with Crippen LogP contribution in [0.3, 0.4) is 0 Å². The largest absolute Gasteiger partial charge is 0.483 e. The van der Waals surface area contributed by atoms with Crippen molar-refractivity contribution in [1.29, 1.82) is 0 Å². The maximum Gasteiger partial charge on any atom is 0.418 e. The molecule has 0 N–H and O–H groups in total. The molecular formula is C16H17NO4. The number of nitrogens with zero attached hydrogens (tertiary/aromatic N) is 1. The van der Waals surface area contributed by atoms with E-state index < -0.39 is 6.09 Å². The van der Waals surface area contributed by atoms with Crippen LogP contribution in [0.25, 0.3) is 0 Å². The first kappa shape index (κ1) is 14.8. The van der Waals surface area contributed by atoms with Gasteiger partial charge in [-0.1, -0.05) is 30.3 Å². The molecular weight excluding hydrogens is 270 g/mol. The van der Waals surface area contributed by atoms with E-state index in [1.165, 1.54) is 16.8 Å². The fraction of sp³-hybridized carbons (Fsp3) is 0.250. The lowest BCUT2D eigenvalue weighted by Crippen LogP contribution is -2.21. The average Bonchev–Trinajstić information content (AvgIpc) is 2.48. The summed E-state index contributed by atoms with van der Waals surface area (Å²) in [6, 6.07) is 10.8. The van der Waals surface area contributed by atoms with Gasteiger partial charge >= 0.3 is 6.09 Å². The topological polar surface area (TPSA) is 57.5 Å². The van der Waals surface area contributed by atoms with Crippen LogP contribution < -0.4 is 10.2 Å². The molecule has 5 nitrogen and oxygen atoms in total. The first-order valence-corrected chi connectivity index (χ1v) is 6.69. The zero-order valence-corrected chi connectivity index (χ0v) is 12.0. The van der Waals surface area contributed by atoms with E-state index in [1.807, 2.05) is 30.3 Å². The van der Waals surface area contributed by atoms with Gasteiger partial charge in [0.1, 0.15) is 6.61 Å². The van der Waals surface area contributed by atoms with Crippen LogP contribution in [0.15, 0.2) is 47.4 Å². The predicted molar refractivity (Wildman–Crippen MR) is 78.6 cm³/mol. The maximum absolute atomic E-state index is 11.9. The lowest BCUT2D eigenvalue weighted by Gasteiger charge is -2.13. The van der Waals surface area contributed by atoms with Gasteiger partial charge in [0.15, 0.2) is 5.75 Å². The summed E-state index contributed by atoms with van der Waals surface area (Å²) in [6.45, 7) is 3.91. The van der Waals surface area contributed by atoms with Crippen LogP contribution in [0.2, 0.25) is 0 Å². The third-order valence-electron chi connectivity index (χ3n) is 2.98. The van der Waals surface area contributed by atoms with E-state index >= 15 is 0 Å². The molecule has 21 heavy (non-hydrogen) atoms. The van der Waals surface area contributed by atoms with Gasteiger partial charge in [0, 0.05) is 12.3 Å². The molecule has 0 saturated heterocycles. The minimum atomic E-state index is -0.528. The second-order valence-corrected chi connectivity index (χ2v) is 4.44. The Labute approximate surface area is 122 Å². The van der Waals surface area contributed by atoms with E-state index in [0.29, 0.717) is 5.69 Å². The molecule has 0 radical (unpaired) electrons. The summed E-state index contributed by atoms with van der Waals surface area (Å²) in [6.07, 6.45) is 0.866. The van der Waals surface area contributed by atoms with E-state index in [0.717, 1.165) is 5.56 Å². The Hall–Kier alpha value is -2.56. The van der Waals surface area contributed by atoms with Gasteiger partial charge in [-0.2, -0.15) is 0 Å². The van der Waals surface area contributed by atoms with Crippen LogP contribution in [-0.4, -0.2) is 17.3 Å². The number of pyridine rings is 1.